The van der Waals surface area contributed by atoms with Gasteiger partial charge in [0.1, 0.15) is 62.7 Å². The number of hydrogen-bond donors (Lipinski definition) is 12. The second-order valence-corrected chi connectivity index (χ2v) is 42.0. The Hall–Kier alpha value is -8.48. The second kappa shape index (κ2) is 76.1. The van der Waals surface area contributed by atoms with Crippen LogP contribution < -0.4 is 31.9 Å². The molecule has 1 heterocycles. The summed E-state index contributed by atoms with van der Waals surface area (Å²) in [4.78, 5) is 236. The molecule has 0 aromatic rings. The topological polar surface area (TPSA) is 504 Å². The summed E-state index contributed by atoms with van der Waals surface area (Å²) in [6.07, 6.45) is 28.6. The minimum absolute atomic E-state index is 0.0340. The molecule has 0 aliphatic carbocycles. The molecule has 0 saturated carbocycles. The van der Waals surface area contributed by atoms with Crippen LogP contribution in [0.3, 0.4) is 0 Å². The molecule has 1 fully saturated rings. The molecular formula is C110H194N6O26. The Morgan fingerprint density at radius 3 is 0.479 bits per heavy atom. The zero-order valence-electron chi connectivity index (χ0n) is 90.0. The van der Waals surface area contributed by atoms with E-state index in [1.165, 1.54) is 27.7 Å². The molecule has 14 unspecified atom stereocenters. The summed E-state index contributed by atoms with van der Waals surface area (Å²) in [5.41, 5.74) is -7.02. The van der Waals surface area contributed by atoms with Gasteiger partial charge < -0.3 is 81.5 Å². The van der Waals surface area contributed by atoms with Gasteiger partial charge >= 0.3 is 59.7 Å². The fraction of sp³-hybridized carbons (Fsp3) is 0.855. The smallest absolute Gasteiger partial charge is 0.326 e. The van der Waals surface area contributed by atoms with E-state index < -0.39 is 266 Å². The minimum atomic E-state index is -1.76. The number of hydrogen-bond acceptors (Lipinski definition) is 20. The Kier molecular flexibility index (Phi) is 70.5. The first-order valence-electron chi connectivity index (χ1n) is 55.5. The number of aliphatic carboxylic acids is 6. The molecule has 32 nitrogen and oxygen atoms in total. The third kappa shape index (κ3) is 54.1. The first-order chi connectivity index (χ1) is 67.6. The molecule has 1 aliphatic heterocycles. The standard InChI is InChI=1S/C110H194N6O26/c1-15-25-31-37-43-49-55-61-85(97(123)124)111-91(117)79-71-81(93(119)113-87(99(127)128)63-57-51-45-39-33-27-17-3)75-107(11,21-7)103(135)139-67-69-141-105(137)109(13,23-9)77-83(95(121)115-89(101(131)132)65-59-53-47-41-35-29-19-5)73-80(92(118)112-86(98(125)126)62-56-50-44-38-32-26-16-2)74-84(96(122)116-90(102(133)134)66-60-54-48-42-36-30-20-6)78-110(14,24-10)106(138)142-70-68-140-104(136)108(12,22-8)76-82(72-79)94(120)114-88(100(129)130)64-58-52-46-40-34-28-18-4/h79-90H,15-78H2,1-14H3,(H,111,117)(H,112,118)(H,113,119)(H,114,120)(H,115,121)(H,116,122)(H,123,124)(H,125,126)(H,127,128)(H,129,130)(H,131,132)(H,133,134). The fourth-order valence-corrected chi connectivity index (χ4v) is 19.1. The van der Waals surface area contributed by atoms with Crippen molar-refractivity contribution in [2.45, 2.75) is 518 Å². The molecule has 6 amide bonds. The monoisotopic (exact) mass is 2020 g/mol. The fourth-order valence-electron chi connectivity index (χ4n) is 19.1. The van der Waals surface area contributed by atoms with Crippen molar-refractivity contribution in [3.05, 3.63) is 0 Å². The van der Waals surface area contributed by atoms with Crippen LogP contribution in [-0.2, 0) is 95.7 Å². The number of carbonyl (C=O) groups is 16. The number of cyclic esters (lactones) is 4. The van der Waals surface area contributed by atoms with E-state index in [-0.39, 0.29) is 64.2 Å². The van der Waals surface area contributed by atoms with Crippen LogP contribution in [0.25, 0.3) is 0 Å². The summed E-state index contributed by atoms with van der Waals surface area (Å²) in [5.74, 6) is -27.6. The number of carboxylic acid groups (broad SMARTS) is 6. The number of nitrogens with one attached hydrogen (secondary N) is 6. The maximum absolute atomic E-state index is 15.8. The van der Waals surface area contributed by atoms with Gasteiger partial charge in [-0.2, -0.15) is 0 Å². The third-order valence-corrected chi connectivity index (χ3v) is 29.7. The van der Waals surface area contributed by atoms with E-state index in [0.29, 0.717) is 77.0 Å². The molecule has 0 bridgehead atoms. The molecular weight excluding hydrogens is 1820 g/mol. The maximum atomic E-state index is 15.8. The molecule has 820 valence electrons. The number of unbranched alkanes of at least 4 members (excludes halogenated alkanes) is 36. The van der Waals surface area contributed by atoms with Crippen LogP contribution in [0.5, 0.6) is 0 Å². The number of esters is 4. The molecule has 32 heteroatoms. The van der Waals surface area contributed by atoms with Gasteiger partial charge in [-0.25, -0.2) is 28.8 Å². The summed E-state index contributed by atoms with van der Waals surface area (Å²) in [6, 6.07) is -9.15. The van der Waals surface area contributed by atoms with Gasteiger partial charge in [-0.05, 0) is 143 Å². The van der Waals surface area contributed by atoms with Crippen LogP contribution in [0, 0.1) is 57.2 Å². The van der Waals surface area contributed by atoms with Crippen LogP contribution in [-0.4, -0.2) is 188 Å². The van der Waals surface area contributed by atoms with Crippen molar-refractivity contribution in [3.63, 3.8) is 0 Å². The molecule has 1 saturated heterocycles. The zero-order chi connectivity index (χ0) is 106. The molecule has 14 atom stereocenters. The van der Waals surface area contributed by atoms with Crippen LogP contribution in [0.15, 0.2) is 0 Å². The third-order valence-electron chi connectivity index (χ3n) is 29.7. The van der Waals surface area contributed by atoms with Crippen molar-refractivity contribution in [1.82, 2.24) is 31.9 Å². The predicted octanol–water partition coefficient (Wildman–Crippen LogP) is 20.9. The van der Waals surface area contributed by atoms with E-state index in [4.69, 9.17) is 18.9 Å². The number of carboxylic acids is 6. The summed E-state index contributed by atoms with van der Waals surface area (Å²) >= 11 is 0. The Morgan fingerprint density at radius 2 is 0.352 bits per heavy atom. The zero-order valence-corrected chi connectivity index (χ0v) is 90.0. The summed E-state index contributed by atoms with van der Waals surface area (Å²) in [7, 11) is 0. The SMILES string of the molecule is CCCCCCCCCC(NC(=O)C1CC(C(=O)NC(CCCCCCCCC)C(=O)O)CC(C)(CC)C(=O)OCCOC(=O)C(C)(CC)CC(C(=O)NC(CCCCCCCCC)C(=O)O)CC(C(=O)NC(CCCCCCCCC)C(=O)O)CC(C(=O)NC(CCCCCCCCC)C(=O)O)CC(C)(CC)C(=O)OCCOC(=O)C(C)(CC)CC(C(=O)NC(CCCCCCCCC)C(=O)O)C1)C(=O)O. The Bertz CT molecular complexity index is 3270. The number of ether oxygens (including phenoxy) is 4. The number of amides is 6. The predicted molar refractivity (Wildman–Crippen MR) is 548 cm³/mol. The van der Waals surface area contributed by atoms with E-state index in [0.717, 1.165) is 193 Å². The second-order valence-electron chi connectivity index (χ2n) is 42.0. The molecule has 0 aromatic heterocycles. The Labute approximate surface area is 851 Å². The lowest BCUT2D eigenvalue weighted by Crippen LogP contribution is -2.49. The van der Waals surface area contributed by atoms with E-state index in [1.54, 1.807) is 27.7 Å². The highest BCUT2D eigenvalue weighted by Crippen LogP contribution is 2.43. The number of rotatable bonds is 70. The van der Waals surface area contributed by atoms with E-state index in [9.17, 15) is 59.4 Å². The lowest BCUT2D eigenvalue weighted by atomic mass is 9.72. The lowest BCUT2D eigenvalue weighted by Gasteiger charge is -2.35. The van der Waals surface area contributed by atoms with Gasteiger partial charge in [-0.15, -0.1) is 0 Å². The van der Waals surface area contributed by atoms with Crippen LogP contribution in [0.4, 0.5) is 0 Å². The maximum Gasteiger partial charge on any atom is 0.326 e. The summed E-state index contributed by atoms with van der Waals surface area (Å²) in [6.45, 7) is 22.2. The highest BCUT2D eigenvalue weighted by atomic mass is 16.6. The molecule has 1 rings (SSSR count). The van der Waals surface area contributed by atoms with E-state index in [1.807, 2.05) is 0 Å². The van der Waals surface area contributed by atoms with Crippen LogP contribution >= 0.6 is 0 Å². The molecule has 142 heavy (non-hydrogen) atoms. The molecule has 12 N–H and O–H groups in total. The van der Waals surface area contributed by atoms with Crippen molar-refractivity contribution in [2.75, 3.05) is 26.4 Å². The highest BCUT2D eigenvalue weighted by Gasteiger charge is 2.48. The van der Waals surface area contributed by atoms with Gasteiger partial charge in [0.2, 0.25) is 35.4 Å². The largest absolute Gasteiger partial charge is 0.480 e. The van der Waals surface area contributed by atoms with Gasteiger partial charge in [0.05, 0.1) is 21.7 Å². The van der Waals surface area contributed by atoms with Crippen LogP contribution in [0.2, 0.25) is 0 Å². The summed E-state index contributed by atoms with van der Waals surface area (Å²) < 4.78 is 24.0. The van der Waals surface area contributed by atoms with Crippen molar-refractivity contribution < 1.29 is 126 Å². The van der Waals surface area contributed by atoms with Gasteiger partial charge in [-0.1, -0.05) is 339 Å². The highest BCUT2D eigenvalue weighted by molar-refractivity contribution is 5.92. The van der Waals surface area contributed by atoms with Gasteiger partial charge in [0, 0.05) is 35.5 Å². The van der Waals surface area contributed by atoms with Gasteiger partial charge in [-0.3, -0.25) is 47.9 Å². The summed E-state index contributed by atoms with van der Waals surface area (Å²) in [5, 5.41) is 81.7. The molecule has 0 radical (unpaired) electrons. The van der Waals surface area contributed by atoms with Gasteiger partial charge in [0.15, 0.2) is 0 Å². The van der Waals surface area contributed by atoms with Crippen molar-refractivity contribution in [3.8, 4) is 0 Å². The molecule has 1 aliphatic rings. The average Bonchev–Trinajstić information content (AvgIpc) is 0.817. The van der Waals surface area contributed by atoms with Crippen LogP contribution in [0.1, 0.15) is 482 Å². The van der Waals surface area contributed by atoms with Crippen molar-refractivity contribution in [1.29, 1.82) is 0 Å². The quantitative estimate of drug-likeness (QED) is 0.0153. The lowest BCUT2D eigenvalue weighted by molar-refractivity contribution is -0.166. The normalized spacial score (nSPS) is 22.6. The number of carbonyl (C=O) groups excluding carboxylic acids is 10. The Morgan fingerprint density at radius 1 is 0.225 bits per heavy atom. The minimum Gasteiger partial charge on any atom is -0.480 e. The average molecular weight is 2020 g/mol. The van der Waals surface area contributed by atoms with E-state index in [2.05, 4.69) is 73.4 Å². The first kappa shape index (κ1) is 132. The van der Waals surface area contributed by atoms with Crippen molar-refractivity contribution in [2.24, 2.45) is 57.2 Å². The van der Waals surface area contributed by atoms with Gasteiger partial charge in [0.25, 0.3) is 0 Å². The van der Waals surface area contributed by atoms with Crippen molar-refractivity contribution >= 4 is 95.1 Å². The van der Waals surface area contributed by atoms with E-state index >= 15 is 47.9 Å². The molecule has 0 aromatic carbocycles. The molecule has 0 spiro atoms. The Balaban J connectivity index is 5.03. The first-order valence-corrected chi connectivity index (χ1v) is 55.5.